The van der Waals surface area contributed by atoms with E-state index in [1.54, 1.807) is 0 Å². The lowest BCUT2D eigenvalue weighted by atomic mass is 9.81. The number of rotatable bonds is 1. The molecule has 1 heteroatoms. The summed E-state index contributed by atoms with van der Waals surface area (Å²) in [5, 5.41) is 3.51. The first-order valence-corrected chi connectivity index (χ1v) is 5.00. The molecule has 0 aromatic heterocycles. The summed E-state index contributed by atoms with van der Waals surface area (Å²) in [6.07, 6.45) is 1.25. The van der Waals surface area contributed by atoms with Crippen LogP contribution >= 0.6 is 0 Å². The molecule has 1 aromatic rings. The SMILES string of the molecule is CC1CC(C)(c2ccccc2)CN1. The van der Waals surface area contributed by atoms with Gasteiger partial charge in [0.15, 0.2) is 0 Å². The second-order valence-electron chi connectivity index (χ2n) is 4.41. The number of benzene rings is 1. The Morgan fingerprint density at radius 2 is 2.00 bits per heavy atom. The Balaban J connectivity index is 2.26. The maximum atomic E-state index is 3.51. The Morgan fingerprint density at radius 1 is 1.31 bits per heavy atom. The molecule has 1 aromatic carbocycles. The van der Waals surface area contributed by atoms with Gasteiger partial charge in [0.25, 0.3) is 0 Å². The fourth-order valence-corrected chi connectivity index (χ4v) is 2.28. The number of nitrogens with one attached hydrogen (secondary N) is 1. The van der Waals surface area contributed by atoms with E-state index in [4.69, 9.17) is 0 Å². The molecule has 1 fully saturated rings. The summed E-state index contributed by atoms with van der Waals surface area (Å²) in [5.41, 5.74) is 1.81. The fraction of sp³-hybridized carbons (Fsp3) is 0.500. The maximum Gasteiger partial charge on any atom is 0.00642 e. The van der Waals surface area contributed by atoms with Gasteiger partial charge in [-0.3, -0.25) is 0 Å². The summed E-state index contributed by atoms with van der Waals surface area (Å²) >= 11 is 0. The van der Waals surface area contributed by atoms with E-state index >= 15 is 0 Å². The second kappa shape index (κ2) is 3.15. The van der Waals surface area contributed by atoms with E-state index in [2.05, 4.69) is 49.5 Å². The monoisotopic (exact) mass is 175 g/mol. The normalized spacial score (nSPS) is 33.5. The average Bonchev–Trinajstić information content (AvgIpc) is 2.49. The summed E-state index contributed by atoms with van der Waals surface area (Å²) < 4.78 is 0. The molecule has 70 valence electrons. The lowest BCUT2D eigenvalue weighted by Gasteiger charge is -2.23. The molecule has 2 atom stereocenters. The minimum absolute atomic E-state index is 0.348. The largest absolute Gasteiger partial charge is 0.313 e. The molecule has 2 unspecified atom stereocenters. The molecule has 1 N–H and O–H groups in total. The third kappa shape index (κ3) is 1.61. The summed E-state index contributed by atoms with van der Waals surface area (Å²) in [4.78, 5) is 0. The first kappa shape index (κ1) is 8.76. The lowest BCUT2D eigenvalue weighted by Crippen LogP contribution is -2.24. The molecule has 1 saturated heterocycles. The highest BCUT2D eigenvalue weighted by molar-refractivity contribution is 5.26. The van der Waals surface area contributed by atoms with Crippen molar-refractivity contribution in [3.8, 4) is 0 Å². The van der Waals surface area contributed by atoms with Crippen LogP contribution in [0.25, 0.3) is 0 Å². The van der Waals surface area contributed by atoms with E-state index in [1.807, 2.05) is 0 Å². The summed E-state index contributed by atoms with van der Waals surface area (Å²) in [6, 6.07) is 11.5. The first-order chi connectivity index (χ1) is 6.21. The van der Waals surface area contributed by atoms with Crippen molar-refractivity contribution >= 4 is 0 Å². The summed E-state index contributed by atoms with van der Waals surface area (Å²) in [5.74, 6) is 0. The second-order valence-corrected chi connectivity index (χ2v) is 4.41. The van der Waals surface area contributed by atoms with Crippen LogP contribution in [-0.2, 0) is 5.41 Å². The smallest absolute Gasteiger partial charge is 0.00642 e. The molecule has 0 saturated carbocycles. The zero-order valence-electron chi connectivity index (χ0n) is 8.38. The van der Waals surface area contributed by atoms with Gasteiger partial charge in [0.1, 0.15) is 0 Å². The van der Waals surface area contributed by atoms with Crippen molar-refractivity contribution in [2.75, 3.05) is 6.54 Å². The molecule has 2 rings (SSSR count). The van der Waals surface area contributed by atoms with Crippen LogP contribution in [0.5, 0.6) is 0 Å². The Hall–Kier alpha value is -0.820. The topological polar surface area (TPSA) is 12.0 Å². The van der Waals surface area contributed by atoms with Gasteiger partial charge in [-0.15, -0.1) is 0 Å². The van der Waals surface area contributed by atoms with Gasteiger partial charge in [-0.25, -0.2) is 0 Å². The Morgan fingerprint density at radius 3 is 2.54 bits per heavy atom. The van der Waals surface area contributed by atoms with Crippen molar-refractivity contribution < 1.29 is 0 Å². The molecule has 0 aliphatic carbocycles. The molecule has 0 radical (unpaired) electrons. The maximum absolute atomic E-state index is 3.51. The van der Waals surface area contributed by atoms with Gasteiger partial charge in [-0.1, -0.05) is 37.3 Å². The Labute approximate surface area is 80.2 Å². The summed E-state index contributed by atoms with van der Waals surface area (Å²) in [7, 11) is 0. The molecular weight excluding hydrogens is 158 g/mol. The van der Waals surface area contributed by atoms with Gasteiger partial charge in [0.2, 0.25) is 0 Å². The molecule has 1 aliphatic heterocycles. The van der Waals surface area contributed by atoms with Gasteiger partial charge >= 0.3 is 0 Å². The van der Waals surface area contributed by atoms with E-state index in [9.17, 15) is 0 Å². The molecule has 0 bridgehead atoms. The standard InChI is InChI=1S/C12H17N/c1-10-8-12(2,9-13-10)11-6-4-3-5-7-11/h3-7,10,13H,8-9H2,1-2H3. The predicted molar refractivity (Wildman–Crippen MR) is 55.9 cm³/mol. The van der Waals surface area contributed by atoms with Crippen LogP contribution in [-0.4, -0.2) is 12.6 Å². The van der Waals surface area contributed by atoms with E-state index in [1.165, 1.54) is 12.0 Å². The van der Waals surface area contributed by atoms with Crippen molar-refractivity contribution in [3.05, 3.63) is 35.9 Å². The minimum atomic E-state index is 0.348. The summed E-state index contributed by atoms with van der Waals surface area (Å²) in [6.45, 7) is 5.71. The fourth-order valence-electron chi connectivity index (χ4n) is 2.28. The van der Waals surface area contributed by atoms with Gasteiger partial charge in [0.05, 0.1) is 0 Å². The van der Waals surface area contributed by atoms with Crippen molar-refractivity contribution in [2.45, 2.75) is 31.7 Å². The van der Waals surface area contributed by atoms with Gasteiger partial charge in [-0.2, -0.15) is 0 Å². The van der Waals surface area contributed by atoms with E-state index in [0.717, 1.165) is 6.54 Å². The van der Waals surface area contributed by atoms with E-state index in [-0.39, 0.29) is 0 Å². The minimum Gasteiger partial charge on any atom is -0.313 e. The highest BCUT2D eigenvalue weighted by atomic mass is 15.0. The first-order valence-electron chi connectivity index (χ1n) is 5.00. The van der Waals surface area contributed by atoms with Crippen LogP contribution in [0.4, 0.5) is 0 Å². The zero-order chi connectivity index (χ0) is 9.31. The zero-order valence-corrected chi connectivity index (χ0v) is 8.38. The van der Waals surface area contributed by atoms with Crippen LogP contribution in [0.2, 0.25) is 0 Å². The third-order valence-corrected chi connectivity index (χ3v) is 3.07. The molecule has 1 aliphatic rings. The van der Waals surface area contributed by atoms with Gasteiger partial charge < -0.3 is 5.32 Å². The molecular formula is C12H17N. The average molecular weight is 175 g/mol. The van der Waals surface area contributed by atoms with Crippen LogP contribution in [0.3, 0.4) is 0 Å². The molecule has 13 heavy (non-hydrogen) atoms. The van der Waals surface area contributed by atoms with Crippen molar-refractivity contribution in [3.63, 3.8) is 0 Å². The lowest BCUT2D eigenvalue weighted by molar-refractivity contribution is 0.513. The Bertz CT molecular complexity index is 280. The molecule has 0 spiro atoms. The van der Waals surface area contributed by atoms with Crippen molar-refractivity contribution in [2.24, 2.45) is 0 Å². The van der Waals surface area contributed by atoms with Gasteiger partial charge in [-0.05, 0) is 18.9 Å². The quantitative estimate of drug-likeness (QED) is 0.690. The van der Waals surface area contributed by atoms with Crippen LogP contribution < -0.4 is 5.32 Å². The molecule has 1 nitrogen and oxygen atoms in total. The predicted octanol–water partition coefficient (Wildman–Crippen LogP) is 2.33. The molecule has 0 amide bonds. The van der Waals surface area contributed by atoms with Crippen molar-refractivity contribution in [1.29, 1.82) is 0 Å². The highest BCUT2D eigenvalue weighted by Crippen LogP contribution is 2.32. The van der Waals surface area contributed by atoms with E-state index < -0.39 is 0 Å². The third-order valence-electron chi connectivity index (χ3n) is 3.07. The number of hydrogen-bond donors (Lipinski definition) is 1. The van der Waals surface area contributed by atoms with Gasteiger partial charge in [0, 0.05) is 18.0 Å². The van der Waals surface area contributed by atoms with Crippen LogP contribution in [0.1, 0.15) is 25.8 Å². The highest BCUT2D eigenvalue weighted by Gasteiger charge is 2.33. The number of hydrogen-bond acceptors (Lipinski definition) is 1. The Kier molecular flexibility index (Phi) is 2.12. The molecule has 1 heterocycles. The van der Waals surface area contributed by atoms with Crippen LogP contribution in [0.15, 0.2) is 30.3 Å². The van der Waals surface area contributed by atoms with E-state index in [0.29, 0.717) is 11.5 Å². The van der Waals surface area contributed by atoms with Crippen molar-refractivity contribution in [1.82, 2.24) is 5.32 Å². The van der Waals surface area contributed by atoms with Crippen LogP contribution in [0, 0.1) is 0 Å².